The molecule has 0 unspecified atom stereocenters. The summed E-state index contributed by atoms with van der Waals surface area (Å²) in [5.41, 5.74) is 0.679. The van der Waals surface area contributed by atoms with Crippen LogP contribution in [0.25, 0.3) is 0 Å². The predicted molar refractivity (Wildman–Crippen MR) is 78.6 cm³/mol. The Kier molecular flexibility index (Phi) is 4.90. The van der Waals surface area contributed by atoms with Gasteiger partial charge in [-0.3, -0.25) is 9.59 Å². The van der Waals surface area contributed by atoms with Crippen LogP contribution in [-0.2, 0) is 20.7 Å². The Labute approximate surface area is 121 Å². The number of rotatable bonds is 5. The van der Waals surface area contributed by atoms with E-state index in [-0.39, 0.29) is 12.3 Å². The number of esters is 1. The van der Waals surface area contributed by atoms with Crippen LogP contribution >= 0.6 is 11.3 Å². The van der Waals surface area contributed by atoms with Crippen molar-refractivity contribution in [2.24, 2.45) is 0 Å². The molecule has 1 amide bonds. The first-order valence-electron chi connectivity index (χ1n) is 6.23. The second kappa shape index (κ2) is 6.86. The Balaban J connectivity index is 1.83. The minimum atomic E-state index is -0.817. The first kappa shape index (κ1) is 14.3. The van der Waals surface area contributed by atoms with Crippen molar-refractivity contribution < 1.29 is 14.3 Å². The van der Waals surface area contributed by atoms with E-state index < -0.39 is 12.1 Å². The zero-order valence-corrected chi connectivity index (χ0v) is 11.9. The van der Waals surface area contributed by atoms with E-state index in [0.717, 1.165) is 4.88 Å². The van der Waals surface area contributed by atoms with E-state index in [4.69, 9.17) is 4.74 Å². The van der Waals surface area contributed by atoms with Gasteiger partial charge < -0.3 is 10.1 Å². The monoisotopic (exact) mass is 289 g/mol. The molecule has 0 aliphatic rings. The van der Waals surface area contributed by atoms with Crippen LogP contribution < -0.4 is 5.32 Å². The molecule has 0 bridgehead atoms. The van der Waals surface area contributed by atoms with E-state index in [1.54, 1.807) is 19.1 Å². The maximum atomic E-state index is 11.9. The molecule has 1 atom stereocenters. The van der Waals surface area contributed by atoms with Crippen LogP contribution in [0, 0.1) is 0 Å². The fourth-order valence-electron chi connectivity index (χ4n) is 1.61. The summed E-state index contributed by atoms with van der Waals surface area (Å²) in [4.78, 5) is 24.5. The molecule has 1 aromatic heterocycles. The number of para-hydroxylation sites is 1. The van der Waals surface area contributed by atoms with E-state index in [1.165, 1.54) is 11.3 Å². The minimum absolute atomic E-state index is 0.195. The molecule has 1 aromatic carbocycles. The number of carbonyl (C=O) groups is 2. The van der Waals surface area contributed by atoms with Crippen LogP contribution in [0.2, 0.25) is 0 Å². The van der Waals surface area contributed by atoms with Gasteiger partial charge in [0.15, 0.2) is 6.10 Å². The standard InChI is InChI=1S/C15H15NO3S/c1-11(15(18)16-12-6-3-2-4-7-12)19-14(17)10-13-8-5-9-20-13/h2-9,11H,10H2,1H3,(H,16,18)/t11-/m1/s1. The molecule has 20 heavy (non-hydrogen) atoms. The molecule has 0 aliphatic heterocycles. The number of carbonyl (C=O) groups excluding carboxylic acids is 2. The number of amides is 1. The van der Waals surface area contributed by atoms with Gasteiger partial charge in [-0.25, -0.2) is 0 Å². The highest BCUT2D eigenvalue weighted by Crippen LogP contribution is 2.11. The summed E-state index contributed by atoms with van der Waals surface area (Å²) in [6.07, 6.45) is -0.622. The predicted octanol–water partition coefficient (Wildman–Crippen LogP) is 2.86. The van der Waals surface area contributed by atoms with Gasteiger partial charge in [0.1, 0.15) is 0 Å². The van der Waals surface area contributed by atoms with Gasteiger partial charge >= 0.3 is 5.97 Å². The second-order valence-corrected chi connectivity index (χ2v) is 5.28. The van der Waals surface area contributed by atoms with Gasteiger partial charge in [0.25, 0.3) is 5.91 Å². The normalized spacial score (nSPS) is 11.7. The lowest BCUT2D eigenvalue weighted by Crippen LogP contribution is -2.30. The summed E-state index contributed by atoms with van der Waals surface area (Å²) in [7, 11) is 0. The summed E-state index contributed by atoms with van der Waals surface area (Å²) in [5, 5.41) is 4.59. The van der Waals surface area contributed by atoms with Crippen LogP contribution in [-0.4, -0.2) is 18.0 Å². The number of thiophene rings is 1. The Bertz CT molecular complexity index is 566. The molecule has 4 nitrogen and oxygen atoms in total. The van der Waals surface area contributed by atoms with Crippen LogP contribution in [0.4, 0.5) is 5.69 Å². The molecule has 1 heterocycles. The lowest BCUT2D eigenvalue weighted by Gasteiger charge is -2.13. The van der Waals surface area contributed by atoms with Gasteiger partial charge in [-0.05, 0) is 30.5 Å². The molecule has 2 aromatic rings. The fraction of sp³-hybridized carbons (Fsp3) is 0.200. The molecular weight excluding hydrogens is 274 g/mol. The Hall–Kier alpha value is -2.14. The van der Waals surface area contributed by atoms with Gasteiger partial charge in [-0.15, -0.1) is 11.3 Å². The molecule has 0 saturated heterocycles. The van der Waals surface area contributed by atoms with Gasteiger partial charge in [0.2, 0.25) is 0 Å². The van der Waals surface area contributed by atoms with E-state index >= 15 is 0 Å². The molecule has 0 aliphatic carbocycles. The highest BCUT2D eigenvalue weighted by atomic mass is 32.1. The van der Waals surface area contributed by atoms with Crippen molar-refractivity contribution >= 4 is 28.9 Å². The first-order chi connectivity index (χ1) is 9.65. The number of nitrogens with one attached hydrogen (secondary N) is 1. The zero-order chi connectivity index (χ0) is 14.4. The third-order valence-corrected chi connectivity index (χ3v) is 3.49. The summed E-state index contributed by atoms with van der Waals surface area (Å²) in [5.74, 6) is -0.737. The Morgan fingerprint density at radius 3 is 2.60 bits per heavy atom. The third-order valence-electron chi connectivity index (χ3n) is 2.62. The molecule has 104 valence electrons. The molecule has 1 N–H and O–H groups in total. The van der Waals surface area contributed by atoms with Crippen molar-refractivity contribution in [1.82, 2.24) is 0 Å². The van der Waals surface area contributed by atoms with Crippen molar-refractivity contribution in [3.8, 4) is 0 Å². The molecular formula is C15H15NO3S. The van der Waals surface area contributed by atoms with Crippen molar-refractivity contribution in [2.75, 3.05) is 5.32 Å². The van der Waals surface area contributed by atoms with Crippen LogP contribution in [0.15, 0.2) is 47.8 Å². The zero-order valence-electron chi connectivity index (χ0n) is 11.0. The topological polar surface area (TPSA) is 55.4 Å². The average molecular weight is 289 g/mol. The van der Waals surface area contributed by atoms with Crippen molar-refractivity contribution in [3.63, 3.8) is 0 Å². The van der Waals surface area contributed by atoms with Crippen LogP contribution in [0.5, 0.6) is 0 Å². The summed E-state index contributed by atoms with van der Waals surface area (Å²) >= 11 is 1.49. The van der Waals surface area contributed by atoms with Crippen LogP contribution in [0.1, 0.15) is 11.8 Å². The number of benzene rings is 1. The van der Waals surface area contributed by atoms with Crippen molar-refractivity contribution in [3.05, 3.63) is 52.7 Å². The minimum Gasteiger partial charge on any atom is -0.452 e. The van der Waals surface area contributed by atoms with Crippen LogP contribution in [0.3, 0.4) is 0 Å². The lowest BCUT2D eigenvalue weighted by atomic mass is 10.3. The Morgan fingerprint density at radius 2 is 1.95 bits per heavy atom. The van der Waals surface area contributed by atoms with E-state index in [9.17, 15) is 9.59 Å². The maximum absolute atomic E-state index is 11.9. The SMILES string of the molecule is C[C@@H](OC(=O)Cc1cccs1)C(=O)Nc1ccccc1. The Morgan fingerprint density at radius 1 is 1.20 bits per heavy atom. The molecule has 0 saturated carbocycles. The fourth-order valence-corrected chi connectivity index (χ4v) is 2.30. The second-order valence-electron chi connectivity index (χ2n) is 4.24. The average Bonchev–Trinajstić information content (AvgIpc) is 2.92. The highest BCUT2D eigenvalue weighted by molar-refractivity contribution is 7.10. The highest BCUT2D eigenvalue weighted by Gasteiger charge is 2.18. The third kappa shape index (κ3) is 4.20. The van der Waals surface area contributed by atoms with Crippen molar-refractivity contribution in [1.29, 1.82) is 0 Å². The molecule has 5 heteroatoms. The van der Waals surface area contributed by atoms with Crippen molar-refractivity contribution in [2.45, 2.75) is 19.4 Å². The van der Waals surface area contributed by atoms with E-state index in [1.807, 2.05) is 35.7 Å². The smallest absolute Gasteiger partial charge is 0.311 e. The number of hydrogen-bond acceptors (Lipinski definition) is 4. The molecule has 0 radical (unpaired) electrons. The number of anilines is 1. The number of ether oxygens (including phenoxy) is 1. The molecule has 2 rings (SSSR count). The summed E-state index contributed by atoms with van der Waals surface area (Å²) in [6.45, 7) is 1.56. The lowest BCUT2D eigenvalue weighted by molar-refractivity contribution is -0.152. The van der Waals surface area contributed by atoms with E-state index in [2.05, 4.69) is 5.32 Å². The van der Waals surface area contributed by atoms with Gasteiger partial charge in [-0.1, -0.05) is 24.3 Å². The largest absolute Gasteiger partial charge is 0.452 e. The summed E-state index contributed by atoms with van der Waals surface area (Å²) in [6, 6.07) is 12.8. The first-order valence-corrected chi connectivity index (χ1v) is 7.11. The van der Waals surface area contributed by atoms with Gasteiger partial charge in [0.05, 0.1) is 6.42 Å². The summed E-state index contributed by atoms with van der Waals surface area (Å²) < 4.78 is 5.11. The maximum Gasteiger partial charge on any atom is 0.311 e. The molecule has 0 spiro atoms. The number of hydrogen-bond donors (Lipinski definition) is 1. The molecule has 0 fully saturated rings. The quantitative estimate of drug-likeness (QED) is 0.861. The van der Waals surface area contributed by atoms with Gasteiger partial charge in [-0.2, -0.15) is 0 Å². The van der Waals surface area contributed by atoms with E-state index in [0.29, 0.717) is 5.69 Å². The van der Waals surface area contributed by atoms with Gasteiger partial charge in [0, 0.05) is 10.6 Å².